The van der Waals surface area contributed by atoms with Gasteiger partial charge in [0, 0.05) is 31.9 Å². The maximum Gasteiger partial charge on any atom is 0.108 e. The fourth-order valence-electron chi connectivity index (χ4n) is 3.45. The fourth-order valence-corrected chi connectivity index (χ4v) is 3.45. The third-order valence-corrected chi connectivity index (χ3v) is 4.77. The molecule has 0 bridgehead atoms. The van der Waals surface area contributed by atoms with Crippen LogP contribution in [0.15, 0.2) is 36.7 Å². The highest BCUT2D eigenvalue weighted by molar-refractivity contribution is 5.30. The van der Waals surface area contributed by atoms with Crippen LogP contribution in [0.25, 0.3) is 0 Å². The molecule has 1 aromatic heterocycles. The van der Waals surface area contributed by atoms with Crippen molar-refractivity contribution in [2.45, 2.75) is 38.1 Å². The van der Waals surface area contributed by atoms with Crippen molar-refractivity contribution in [3.05, 3.63) is 53.6 Å². The van der Waals surface area contributed by atoms with E-state index in [-0.39, 0.29) is 0 Å². The van der Waals surface area contributed by atoms with Crippen LogP contribution in [0.5, 0.6) is 0 Å². The van der Waals surface area contributed by atoms with E-state index in [4.69, 9.17) is 5.84 Å². The molecule has 0 radical (unpaired) electrons. The Morgan fingerprint density at radius 2 is 2.19 bits per heavy atom. The van der Waals surface area contributed by atoms with Gasteiger partial charge in [-0.3, -0.25) is 11.3 Å². The van der Waals surface area contributed by atoms with Crippen LogP contribution in [0.4, 0.5) is 0 Å². The molecule has 1 aromatic carbocycles. The van der Waals surface area contributed by atoms with Crippen LogP contribution in [-0.2, 0) is 26.3 Å². The van der Waals surface area contributed by atoms with E-state index in [0.717, 1.165) is 25.1 Å². The van der Waals surface area contributed by atoms with Crippen molar-refractivity contribution < 1.29 is 0 Å². The smallest absolute Gasteiger partial charge is 0.108 e. The predicted octanol–water partition coefficient (Wildman–Crippen LogP) is 1.99. The van der Waals surface area contributed by atoms with Crippen molar-refractivity contribution in [2.24, 2.45) is 18.8 Å². The normalized spacial score (nSPS) is 19.2. The average Bonchev–Trinajstić information content (AvgIpc) is 2.93. The van der Waals surface area contributed by atoms with E-state index >= 15 is 0 Å². The second-order valence-corrected chi connectivity index (χ2v) is 6.04. The van der Waals surface area contributed by atoms with Crippen molar-refractivity contribution in [1.29, 1.82) is 0 Å². The quantitative estimate of drug-likeness (QED) is 0.652. The number of hydrogen-bond donors (Lipinski definition) is 2. The van der Waals surface area contributed by atoms with Crippen molar-refractivity contribution in [2.75, 3.05) is 0 Å². The SMILES string of the molecule is Cn1ccnc1CCC(NN)C1CCc2ccccc2C1. The lowest BCUT2D eigenvalue weighted by Gasteiger charge is -2.31. The van der Waals surface area contributed by atoms with Crippen LogP contribution in [0.3, 0.4) is 0 Å². The third kappa shape index (κ3) is 3.17. The first-order chi connectivity index (χ1) is 10.3. The molecule has 4 heteroatoms. The average molecular weight is 284 g/mol. The molecule has 0 fully saturated rings. The first kappa shape index (κ1) is 14.3. The number of nitrogens with zero attached hydrogens (tertiary/aromatic N) is 2. The van der Waals surface area contributed by atoms with E-state index in [1.165, 1.54) is 24.0 Å². The first-order valence-corrected chi connectivity index (χ1v) is 7.77. The Morgan fingerprint density at radius 1 is 1.38 bits per heavy atom. The molecule has 0 amide bonds. The molecule has 2 aromatic rings. The van der Waals surface area contributed by atoms with Gasteiger partial charge >= 0.3 is 0 Å². The number of aryl methyl sites for hydroxylation is 3. The molecule has 0 spiro atoms. The Balaban J connectivity index is 1.63. The zero-order chi connectivity index (χ0) is 14.7. The summed E-state index contributed by atoms with van der Waals surface area (Å²) in [5, 5.41) is 0. The minimum absolute atomic E-state index is 0.357. The van der Waals surface area contributed by atoms with Gasteiger partial charge in [-0.25, -0.2) is 4.98 Å². The fraction of sp³-hybridized carbons (Fsp3) is 0.471. The summed E-state index contributed by atoms with van der Waals surface area (Å²) >= 11 is 0. The lowest BCUT2D eigenvalue weighted by Crippen LogP contribution is -2.43. The predicted molar refractivity (Wildman–Crippen MR) is 84.6 cm³/mol. The highest BCUT2D eigenvalue weighted by Crippen LogP contribution is 2.28. The number of hydrazine groups is 1. The zero-order valence-corrected chi connectivity index (χ0v) is 12.6. The number of nitrogens with two attached hydrogens (primary N) is 1. The van der Waals surface area contributed by atoms with E-state index in [1.54, 1.807) is 0 Å². The van der Waals surface area contributed by atoms with Crippen molar-refractivity contribution in [3.63, 3.8) is 0 Å². The topological polar surface area (TPSA) is 55.9 Å². The number of fused-ring (bicyclic) bond motifs is 1. The standard InChI is InChI=1S/C17H24N4/c1-21-11-10-19-17(21)9-8-16(20-18)15-7-6-13-4-2-3-5-14(13)12-15/h2-5,10-11,15-16,20H,6-9,12,18H2,1H3. The molecule has 3 rings (SSSR count). The Morgan fingerprint density at radius 3 is 2.90 bits per heavy atom. The van der Waals surface area contributed by atoms with Crippen LogP contribution in [0, 0.1) is 5.92 Å². The Kier molecular flexibility index (Phi) is 4.36. The molecular weight excluding hydrogens is 260 g/mol. The molecule has 3 N–H and O–H groups in total. The van der Waals surface area contributed by atoms with Gasteiger partial charge in [-0.15, -0.1) is 0 Å². The molecule has 21 heavy (non-hydrogen) atoms. The lowest BCUT2D eigenvalue weighted by atomic mass is 9.79. The van der Waals surface area contributed by atoms with Crippen LogP contribution >= 0.6 is 0 Å². The number of aromatic nitrogens is 2. The Hall–Kier alpha value is -1.65. The van der Waals surface area contributed by atoms with E-state index in [2.05, 4.69) is 39.2 Å². The first-order valence-electron chi connectivity index (χ1n) is 7.77. The van der Waals surface area contributed by atoms with Crippen LogP contribution in [-0.4, -0.2) is 15.6 Å². The molecule has 1 aliphatic carbocycles. The molecule has 1 aliphatic rings. The van der Waals surface area contributed by atoms with Gasteiger partial charge in [-0.05, 0) is 42.7 Å². The van der Waals surface area contributed by atoms with Gasteiger partial charge < -0.3 is 4.57 Å². The number of imidazole rings is 1. The van der Waals surface area contributed by atoms with E-state index < -0.39 is 0 Å². The van der Waals surface area contributed by atoms with E-state index in [9.17, 15) is 0 Å². The summed E-state index contributed by atoms with van der Waals surface area (Å²) < 4.78 is 2.09. The summed E-state index contributed by atoms with van der Waals surface area (Å²) in [5.41, 5.74) is 6.05. The van der Waals surface area contributed by atoms with Crippen molar-refractivity contribution >= 4 is 0 Å². The zero-order valence-electron chi connectivity index (χ0n) is 12.6. The molecule has 2 unspecified atom stereocenters. The lowest BCUT2D eigenvalue weighted by molar-refractivity contribution is 0.306. The molecule has 1 heterocycles. The maximum absolute atomic E-state index is 5.82. The van der Waals surface area contributed by atoms with Crippen molar-refractivity contribution in [1.82, 2.24) is 15.0 Å². The summed E-state index contributed by atoms with van der Waals surface area (Å²) in [7, 11) is 2.05. The third-order valence-electron chi connectivity index (χ3n) is 4.77. The van der Waals surface area contributed by atoms with Gasteiger partial charge in [-0.2, -0.15) is 0 Å². The van der Waals surface area contributed by atoms with Crippen LogP contribution < -0.4 is 11.3 Å². The summed E-state index contributed by atoms with van der Waals surface area (Å²) in [5.74, 6) is 7.57. The van der Waals surface area contributed by atoms with Gasteiger partial charge in [0.25, 0.3) is 0 Å². The summed E-state index contributed by atoms with van der Waals surface area (Å²) in [4.78, 5) is 4.40. The van der Waals surface area contributed by atoms with Gasteiger partial charge in [0.1, 0.15) is 5.82 Å². The molecular formula is C17H24N4. The maximum atomic E-state index is 5.82. The van der Waals surface area contributed by atoms with E-state index in [1.807, 2.05) is 19.4 Å². The highest BCUT2D eigenvalue weighted by atomic mass is 15.2. The van der Waals surface area contributed by atoms with Gasteiger partial charge in [0.15, 0.2) is 0 Å². The van der Waals surface area contributed by atoms with Crippen LogP contribution in [0.1, 0.15) is 29.8 Å². The molecule has 2 atom stereocenters. The molecule has 0 saturated carbocycles. The van der Waals surface area contributed by atoms with Gasteiger partial charge in [0.2, 0.25) is 0 Å². The highest BCUT2D eigenvalue weighted by Gasteiger charge is 2.25. The number of rotatable bonds is 5. The van der Waals surface area contributed by atoms with Crippen LogP contribution in [0.2, 0.25) is 0 Å². The van der Waals surface area contributed by atoms with E-state index in [0.29, 0.717) is 12.0 Å². The second-order valence-electron chi connectivity index (χ2n) is 6.04. The summed E-state index contributed by atoms with van der Waals surface area (Å²) in [6.45, 7) is 0. The van der Waals surface area contributed by atoms with Gasteiger partial charge in [-0.1, -0.05) is 24.3 Å². The Bertz CT molecular complexity index is 590. The molecule has 0 aliphatic heterocycles. The molecule has 4 nitrogen and oxygen atoms in total. The monoisotopic (exact) mass is 284 g/mol. The molecule has 0 saturated heterocycles. The number of hydrogen-bond acceptors (Lipinski definition) is 3. The largest absolute Gasteiger partial charge is 0.338 e. The second kappa shape index (κ2) is 6.41. The van der Waals surface area contributed by atoms with Gasteiger partial charge in [0.05, 0.1) is 0 Å². The minimum Gasteiger partial charge on any atom is -0.338 e. The minimum atomic E-state index is 0.357. The number of benzene rings is 1. The summed E-state index contributed by atoms with van der Waals surface area (Å²) in [6.07, 6.45) is 9.37. The Labute approximate surface area is 126 Å². The molecule has 112 valence electrons. The van der Waals surface area contributed by atoms with Crippen molar-refractivity contribution in [3.8, 4) is 0 Å². The number of nitrogens with one attached hydrogen (secondary N) is 1. The summed E-state index contributed by atoms with van der Waals surface area (Å²) in [6, 6.07) is 9.15.